The van der Waals surface area contributed by atoms with Crippen molar-refractivity contribution in [3.8, 4) is 0 Å². The normalized spacial score (nSPS) is 11.7. The zero-order chi connectivity index (χ0) is 15.8. The maximum Gasteiger partial charge on any atom is 0.350 e. The minimum atomic E-state index is -1.91. The molecule has 21 heavy (non-hydrogen) atoms. The number of halogens is 2. The molecule has 0 aromatic carbocycles. The lowest BCUT2D eigenvalue weighted by atomic mass is 10.3. The highest BCUT2D eigenvalue weighted by atomic mass is 19.3. The van der Waals surface area contributed by atoms with E-state index in [1.54, 1.807) is 0 Å². The number of hydrogen-bond acceptors (Lipinski definition) is 4. The van der Waals surface area contributed by atoms with E-state index < -0.39 is 11.8 Å². The second-order valence-corrected chi connectivity index (χ2v) is 3.79. The second kappa shape index (κ2) is 7.85. The number of aliphatic imine (C=N–C) groups is 1. The molecule has 0 amide bonds. The van der Waals surface area contributed by atoms with Gasteiger partial charge in [0.05, 0.1) is 12.2 Å². The molecule has 0 fully saturated rings. The number of nitrogens with two attached hydrogens (primary N) is 1. The Morgan fingerprint density at radius 2 is 2.19 bits per heavy atom. The predicted molar refractivity (Wildman–Crippen MR) is 77.9 cm³/mol. The zero-order valence-electron chi connectivity index (χ0n) is 11.2. The van der Waals surface area contributed by atoms with Crippen LogP contribution in [0.15, 0.2) is 59.3 Å². The van der Waals surface area contributed by atoms with Gasteiger partial charge in [0, 0.05) is 24.5 Å². The van der Waals surface area contributed by atoms with Gasteiger partial charge >= 0.3 is 5.69 Å². The van der Waals surface area contributed by atoms with Crippen LogP contribution in [0.4, 0.5) is 8.78 Å². The van der Waals surface area contributed by atoms with E-state index in [9.17, 15) is 13.6 Å². The fourth-order valence-corrected chi connectivity index (χ4v) is 1.43. The number of hydrogen-bond donors (Lipinski definition) is 1. The lowest BCUT2D eigenvalue weighted by molar-refractivity contribution is 0.400. The molecule has 2 N–H and O–H groups in total. The molecule has 0 spiro atoms. The summed E-state index contributed by atoms with van der Waals surface area (Å²) in [5.74, 6) is 0. The first kappa shape index (κ1) is 16.4. The molecule has 0 atom stereocenters. The smallest absolute Gasteiger partial charge is 0.327 e. The highest BCUT2D eigenvalue weighted by Crippen LogP contribution is 2.08. The average molecular weight is 295 g/mol. The standard InChI is InChI=1S/C13H15F2N5O/c1-3-11(5-6-17-4-2)19-9-18-20(13(19)21)8-10(7-16)12(14)15/h3-6,9H,1-2,7-8,16H2/b11-5+,17-6?. The summed E-state index contributed by atoms with van der Waals surface area (Å²) in [4.78, 5) is 15.8. The highest BCUT2D eigenvalue weighted by Gasteiger charge is 2.11. The number of allylic oxidation sites excluding steroid dienone is 3. The largest absolute Gasteiger partial charge is 0.350 e. The van der Waals surface area contributed by atoms with Crippen LogP contribution >= 0.6 is 0 Å². The van der Waals surface area contributed by atoms with Gasteiger partial charge in [0.1, 0.15) is 6.33 Å². The lowest BCUT2D eigenvalue weighted by Gasteiger charge is -2.02. The Labute approximate surface area is 119 Å². The molecule has 0 aliphatic carbocycles. The van der Waals surface area contributed by atoms with Crippen LogP contribution in [0.3, 0.4) is 0 Å². The molecule has 1 heterocycles. The Morgan fingerprint density at radius 1 is 1.48 bits per heavy atom. The van der Waals surface area contributed by atoms with E-state index in [4.69, 9.17) is 5.73 Å². The third-order valence-corrected chi connectivity index (χ3v) is 2.51. The Hall–Kier alpha value is -2.61. The van der Waals surface area contributed by atoms with Gasteiger partial charge in [-0.15, -0.1) is 0 Å². The molecular formula is C13H15F2N5O. The summed E-state index contributed by atoms with van der Waals surface area (Å²) in [6.45, 7) is 6.27. The average Bonchev–Trinajstić information content (AvgIpc) is 2.82. The van der Waals surface area contributed by atoms with E-state index in [1.165, 1.54) is 30.9 Å². The van der Waals surface area contributed by atoms with Crippen molar-refractivity contribution in [1.82, 2.24) is 14.3 Å². The van der Waals surface area contributed by atoms with Crippen LogP contribution in [-0.4, -0.2) is 27.1 Å². The molecule has 0 unspecified atom stereocenters. The fraction of sp³-hybridized carbons (Fsp3) is 0.154. The summed E-state index contributed by atoms with van der Waals surface area (Å²) in [5.41, 5.74) is 4.67. The molecule has 0 saturated heterocycles. The van der Waals surface area contributed by atoms with Crippen molar-refractivity contribution in [2.24, 2.45) is 10.7 Å². The second-order valence-electron chi connectivity index (χ2n) is 3.79. The minimum Gasteiger partial charge on any atom is -0.327 e. The Morgan fingerprint density at radius 3 is 2.71 bits per heavy atom. The van der Waals surface area contributed by atoms with Gasteiger partial charge in [-0.3, -0.25) is 4.99 Å². The van der Waals surface area contributed by atoms with E-state index in [-0.39, 0.29) is 18.7 Å². The third-order valence-electron chi connectivity index (χ3n) is 2.51. The highest BCUT2D eigenvalue weighted by molar-refractivity contribution is 5.82. The molecule has 0 bridgehead atoms. The first-order valence-corrected chi connectivity index (χ1v) is 5.89. The Balaban J connectivity index is 3.15. The van der Waals surface area contributed by atoms with Crippen LogP contribution in [0.25, 0.3) is 5.70 Å². The van der Waals surface area contributed by atoms with Gasteiger partial charge in [0.25, 0.3) is 6.08 Å². The molecule has 1 rings (SSSR count). The minimum absolute atomic E-state index is 0.347. The topological polar surface area (TPSA) is 78.2 Å². The SMILES string of the molecule is C=CN=C/C=C(\C=C)n1cnn(CC(CN)=C(F)F)c1=O. The maximum absolute atomic E-state index is 12.5. The van der Waals surface area contributed by atoms with Crippen molar-refractivity contribution < 1.29 is 8.78 Å². The molecule has 1 aromatic rings. The predicted octanol–water partition coefficient (Wildman–Crippen LogP) is 1.40. The summed E-state index contributed by atoms with van der Waals surface area (Å²) >= 11 is 0. The molecule has 0 saturated carbocycles. The molecule has 8 heteroatoms. The lowest BCUT2D eigenvalue weighted by Crippen LogP contribution is -2.26. The van der Waals surface area contributed by atoms with Crippen molar-refractivity contribution in [3.05, 3.63) is 60.0 Å². The van der Waals surface area contributed by atoms with E-state index in [0.717, 1.165) is 9.25 Å². The molecular weight excluding hydrogens is 280 g/mol. The van der Waals surface area contributed by atoms with Crippen LogP contribution in [0.2, 0.25) is 0 Å². The summed E-state index contributed by atoms with van der Waals surface area (Å²) in [6, 6.07) is 0. The summed E-state index contributed by atoms with van der Waals surface area (Å²) < 4.78 is 27.1. The summed E-state index contributed by atoms with van der Waals surface area (Å²) in [5, 5.41) is 3.77. The van der Waals surface area contributed by atoms with Crippen molar-refractivity contribution >= 4 is 11.9 Å². The van der Waals surface area contributed by atoms with Gasteiger partial charge in [0.15, 0.2) is 0 Å². The molecule has 0 aliphatic rings. The molecule has 1 aromatic heterocycles. The number of nitrogens with zero attached hydrogens (tertiary/aromatic N) is 4. The van der Waals surface area contributed by atoms with Crippen LogP contribution in [0, 0.1) is 0 Å². The third kappa shape index (κ3) is 4.18. The first-order valence-electron chi connectivity index (χ1n) is 5.89. The van der Waals surface area contributed by atoms with E-state index in [0.29, 0.717) is 5.70 Å². The fourth-order valence-electron chi connectivity index (χ4n) is 1.43. The van der Waals surface area contributed by atoms with Crippen LogP contribution in [0.5, 0.6) is 0 Å². The summed E-state index contributed by atoms with van der Waals surface area (Å²) in [7, 11) is 0. The van der Waals surface area contributed by atoms with Gasteiger partial charge < -0.3 is 5.73 Å². The Bertz CT molecular complexity index is 662. The molecule has 112 valence electrons. The van der Waals surface area contributed by atoms with Crippen molar-refractivity contribution in [2.45, 2.75) is 6.54 Å². The van der Waals surface area contributed by atoms with Crippen LogP contribution in [-0.2, 0) is 6.54 Å². The summed E-state index contributed by atoms with van der Waals surface area (Å²) in [6.07, 6.45) is 4.97. The first-order chi connectivity index (χ1) is 10.0. The van der Waals surface area contributed by atoms with Crippen molar-refractivity contribution in [1.29, 1.82) is 0 Å². The van der Waals surface area contributed by atoms with Gasteiger partial charge in [-0.05, 0) is 12.2 Å². The van der Waals surface area contributed by atoms with Gasteiger partial charge in [-0.1, -0.05) is 13.2 Å². The Kier molecular flexibility index (Phi) is 6.15. The van der Waals surface area contributed by atoms with E-state index >= 15 is 0 Å². The number of aromatic nitrogens is 3. The van der Waals surface area contributed by atoms with Crippen molar-refractivity contribution in [2.75, 3.05) is 6.54 Å². The number of rotatable bonds is 7. The molecule has 6 nitrogen and oxygen atoms in total. The van der Waals surface area contributed by atoms with Gasteiger partial charge in [0.2, 0.25) is 0 Å². The molecule has 0 radical (unpaired) electrons. The van der Waals surface area contributed by atoms with Crippen LogP contribution in [0.1, 0.15) is 0 Å². The van der Waals surface area contributed by atoms with Gasteiger partial charge in [-0.2, -0.15) is 13.9 Å². The zero-order valence-corrected chi connectivity index (χ0v) is 11.2. The van der Waals surface area contributed by atoms with Crippen LogP contribution < -0.4 is 11.4 Å². The quantitative estimate of drug-likeness (QED) is 0.610. The monoisotopic (exact) mass is 295 g/mol. The van der Waals surface area contributed by atoms with Crippen molar-refractivity contribution in [3.63, 3.8) is 0 Å². The van der Waals surface area contributed by atoms with E-state index in [2.05, 4.69) is 23.2 Å². The van der Waals surface area contributed by atoms with Gasteiger partial charge in [-0.25, -0.2) is 14.0 Å². The van der Waals surface area contributed by atoms with E-state index in [1.807, 2.05) is 0 Å². The maximum atomic E-state index is 12.5. The molecule has 0 aliphatic heterocycles.